The molecule has 0 aliphatic rings. The third-order valence-electron chi connectivity index (χ3n) is 2.38. The normalized spacial score (nSPS) is 14.1. The van der Waals surface area contributed by atoms with Crippen molar-refractivity contribution in [2.24, 2.45) is 5.73 Å². The van der Waals surface area contributed by atoms with Gasteiger partial charge in [-0.05, 0) is 37.7 Å². The maximum Gasteiger partial charge on any atom is 0.325 e. The van der Waals surface area contributed by atoms with E-state index in [1.165, 1.54) is 7.11 Å². The van der Waals surface area contributed by atoms with Crippen LogP contribution in [-0.4, -0.2) is 29.4 Å². The van der Waals surface area contributed by atoms with Gasteiger partial charge >= 0.3 is 5.97 Å². The molecular formula is C12H18N2O2S. The molecule has 1 unspecified atom stereocenters. The summed E-state index contributed by atoms with van der Waals surface area (Å²) in [5, 5.41) is 0.990. The van der Waals surface area contributed by atoms with Gasteiger partial charge in [0, 0.05) is 6.20 Å². The van der Waals surface area contributed by atoms with Crippen LogP contribution in [0.15, 0.2) is 29.4 Å². The van der Waals surface area contributed by atoms with Crippen molar-refractivity contribution in [1.82, 2.24) is 4.98 Å². The van der Waals surface area contributed by atoms with Gasteiger partial charge in [-0.25, -0.2) is 4.98 Å². The Kier molecular flexibility index (Phi) is 5.44. The second-order valence-electron chi connectivity index (χ2n) is 4.03. The lowest BCUT2D eigenvalue weighted by molar-refractivity contribution is -0.146. The van der Waals surface area contributed by atoms with Gasteiger partial charge in [0.15, 0.2) is 0 Å². The Balaban J connectivity index is 2.27. The second kappa shape index (κ2) is 6.61. The van der Waals surface area contributed by atoms with E-state index in [1.54, 1.807) is 24.9 Å². The smallest absolute Gasteiger partial charge is 0.325 e. The summed E-state index contributed by atoms with van der Waals surface area (Å²) in [5.41, 5.74) is 4.96. The molecule has 0 aliphatic heterocycles. The molecule has 1 atom stereocenters. The van der Waals surface area contributed by atoms with E-state index in [0.29, 0.717) is 6.42 Å². The van der Waals surface area contributed by atoms with Crippen molar-refractivity contribution < 1.29 is 9.53 Å². The molecule has 2 N–H and O–H groups in total. The highest BCUT2D eigenvalue weighted by Gasteiger charge is 2.28. The van der Waals surface area contributed by atoms with Crippen LogP contribution in [0.25, 0.3) is 0 Å². The molecule has 1 aromatic heterocycles. The number of aromatic nitrogens is 1. The van der Waals surface area contributed by atoms with Crippen LogP contribution in [0.5, 0.6) is 0 Å². The number of pyridine rings is 1. The highest BCUT2D eigenvalue weighted by atomic mass is 32.2. The van der Waals surface area contributed by atoms with Crippen molar-refractivity contribution in [2.45, 2.75) is 30.3 Å². The lowest BCUT2D eigenvalue weighted by Crippen LogP contribution is -2.45. The average molecular weight is 254 g/mol. The van der Waals surface area contributed by atoms with Gasteiger partial charge in [-0.1, -0.05) is 6.07 Å². The summed E-state index contributed by atoms with van der Waals surface area (Å²) in [7, 11) is 1.36. The van der Waals surface area contributed by atoms with Crippen LogP contribution in [0, 0.1) is 0 Å². The molecule has 4 nitrogen and oxygen atoms in total. The lowest BCUT2D eigenvalue weighted by Gasteiger charge is -2.20. The van der Waals surface area contributed by atoms with Crippen LogP contribution in [0.4, 0.5) is 0 Å². The van der Waals surface area contributed by atoms with Crippen LogP contribution in [-0.2, 0) is 9.53 Å². The van der Waals surface area contributed by atoms with Crippen LogP contribution in [0.2, 0.25) is 0 Å². The molecule has 0 saturated carbocycles. The first kappa shape index (κ1) is 14.0. The maximum atomic E-state index is 11.3. The van der Waals surface area contributed by atoms with Gasteiger partial charge in [0.1, 0.15) is 5.54 Å². The molecule has 0 amide bonds. The van der Waals surface area contributed by atoms with E-state index in [4.69, 9.17) is 5.73 Å². The minimum absolute atomic E-state index is 0.361. The van der Waals surface area contributed by atoms with E-state index in [1.807, 2.05) is 18.2 Å². The fourth-order valence-corrected chi connectivity index (χ4v) is 2.19. The summed E-state index contributed by atoms with van der Waals surface area (Å²) in [6.45, 7) is 1.70. The van der Waals surface area contributed by atoms with Crippen molar-refractivity contribution in [1.29, 1.82) is 0 Å². The third-order valence-corrected chi connectivity index (χ3v) is 3.41. The molecule has 1 heterocycles. The van der Waals surface area contributed by atoms with Crippen molar-refractivity contribution >= 4 is 17.7 Å². The maximum absolute atomic E-state index is 11.3. The van der Waals surface area contributed by atoms with E-state index in [-0.39, 0.29) is 5.97 Å². The van der Waals surface area contributed by atoms with Gasteiger partial charge < -0.3 is 10.5 Å². The van der Waals surface area contributed by atoms with Crippen molar-refractivity contribution in [3.63, 3.8) is 0 Å². The second-order valence-corrected chi connectivity index (χ2v) is 5.14. The number of hydrogen-bond acceptors (Lipinski definition) is 5. The fraction of sp³-hybridized carbons (Fsp3) is 0.500. The minimum atomic E-state index is -0.889. The summed E-state index contributed by atoms with van der Waals surface area (Å²) in [6.07, 6.45) is 3.23. The molecule has 17 heavy (non-hydrogen) atoms. The molecule has 1 aromatic rings. The monoisotopic (exact) mass is 254 g/mol. The quantitative estimate of drug-likeness (QED) is 0.477. The predicted octanol–water partition coefficient (Wildman–Crippen LogP) is 1.84. The van der Waals surface area contributed by atoms with Gasteiger partial charge in [0.05, 0.1) is 12.1 Å². The average Bonchev–Trinajstić information content (AvgIpc) is 2.35. The minimum Gasteiger partial charge on any atom is -0.468 e. The highest BCUT2D eigenvalue weighted by molar-refractivity contribution is 7.99. The first-order valence-corrected chi connectivity index (χ1v) is 6.46. The summed E-state index contributed by atoms with van der Waals surface area (Å²) in [4.78, 5) is 15.5. The van der Waals surface area contributed by atoms with E-state index in [0.717, 1.165) is 17.2 Å². The van der Waals surface area contributed by atoms with E-state index in [9.17, 15) is 4.79 Å². The first-order valence-electron chi connectivity index (χ1n) is 5.47. The van der Waals surface area contributed by atoms with E-state index < -0.39 is 5.54 Å². The van der Waals surface area contributed by atoms with Gasteiger partial charge in [-0.2, -0.15) is 0 Å². The molecule has 0 saturated heterocycles. The Morgan fingerprint density at radius 2 is 2.35 bits per heavy atom. The third kappa shape index (κ3) is 4.75. The van der Waals surface area contributed by atoms with Gasteiger partial charge in [0.25, 0.3) is 0 Å². The number of hydrogen-bond donors (Lipinski definition) is 1. The number of carbonyl (C=O) groups excluding carboxylic acids is 1. The number of carbonyl (C=O) groups is 1. The zero-order valence-electron chi connectivity index (χ0n) is 10.2. The molecule has 0 spiro atoms. The van der Waals surface area contributed by atoms with E-state index >= 15 is 0 Å². The first-order chi connectivity index (χ1) is 8.06. The molecule has 0 fully saturated rings. The summed E-state index contributed by atoms with van der Waals surface area (Å²) >= 11 is 1.66. The standard InChI is InChI=1S/C12H18N2O2S/c1-12(13,11(15)16-2)7-5-9-17-10-6-3-4-8-14-10/h3-4,6,8H,5,7,9,13H2,1-2H3. The topological polar surface area (TPSA) is 65.2 Å². The SMILES string of the molecule is COC(=O)C(C)(N)CCCSc1ccccn1. The van der Waals surface area contributed by atoms with E-state index in [2.05, 4.69) is 9.72 Å². The highest BCUT2D eigenvalue weighted by Crippen LogP contribution is 2.18. The Labute approximate surface area is 106 Å². The summed E-state index contributed by atoms with van der Waals surface area (Å²) < 4.78 is 4.65. The number of nitrogens with zero attached hydrogens (tertiary/aromatic N) is 1. The predicted molar refractivity (Wildman–Crippen MR) is 68.8 cm³/mol. The summed E-state index contributed by atoms with van der Waals surface area (Å²) in [6, 6.07) is 5.81. The Bertz CT molecular complexity index is 355. The van der Waals surface area contributed by atoms with Crippen LogP contribution in [0.1, 0.15) is 19.8 Å². The Morgan fingerprint density at radius 3 is 2.94 bits per heavy atom. The van der Waals surface area contributed by atoms with Crippen molar-refractivity contribution in [3.05, 3.63) is 24.4 Å². The van der Waals surface area contributed by atoms with Gasteiger partial charge in [0.2, 0.25) is 0 Å². The largest absolute Gasteiger partial charge is 0.468 e. The summed E-state index contributed by atoms with van der Waals surface area (Å²) in [5.74, 6) is 0.529. The zero-order valence-corrected chi connectivity index (χ0v) is 11.0. The van der Waals surface area contributed by atoms with Gasteiger partial charge in [-0.3, -0.25) is 4.79 Å². The molecular weight excluding hydrogens is 236 g/mol. The fourth-order valence-electron chi connectivity index (χ4n) is 1.38. The number of ether oxygens (including phenoxy) is 1. The lowest BCUT2D eigenvalue weighted by atomic mass is 9.98. The van der Waals surface area contributed by atoms with Crippen LogP contribution < -0.4 is 5.73 Å². The molecule has 0 aromatic carbocycles. The number of methoxy groups -OCH3 is 1. The zero-order chi connectivity index (χ0) is 12.7. The molecule has 5 heteroatoms. The Morgan fingerprint density at radius 1 is 1.59 bits per heavy atom. The van der Waals surface area contributed by atoms with Crippen LogP contribution >= 0.6 is 11.8 Å². The molecule has 0 radical (unpaired) electrons. The number of rotatable bonds is 6. The number of thioether (sulfide) groups is 1. The number of esters is 1. The Hall–Kier alpha value is -1.07. The molecule has 94 valence electrons. The van der Waals surface area contributed by atoms with Crippen molar-refractivity contribution in [3.8, 4) is 0 Å². The molecule has 0 aliphatic carbocycles. The molecule has 1 rings (SSSR count). The molecule has 0 bridgehead atoms. The van der Waals surface area contributed by atoms with Gasteiger partial charge in [-0.15, -0.1) is 11.8 Å². The number of nitrogens with two attached hydrogens (primary N) is 1. The van der Waals surface area contributed by atoms with Crippen LogP contribution in [0.3, 0.4) is 0 Å². The van der Waals surface area contributed by atoms with Crippen molar-refractivity contribution in [2.75, 3.05) is 12.9 Å².